The van der Waals surface area contributed by atoms with Crippen molar-refractivity contribution in [1.29, 1.82) is 0 Å². The lowest BCUT2D eigenvalue weighted by Gasteiger charge is -2.09. The van der Waals surface area contributed by atoms with E-state index >= 15 is 0 Å². The highest BCUT2D eigenvalue weighted by Gasteiger charge is 2.20. The summed E-state index contributed by atoms with van der Waals surface area (Å²) >= 11 is 6.08. The van der Waals surface area contributed by atoms with Gasteiger partial charge in [0.1, 0.15) is 17.0 Å². The molecule has 0 radical (unpaired) electrons. The molecule has 0 aliphatic rings. The molecule has 3 aromatic rings. The first-order valence-electron chi connectivity index (χ1n) is 9.64. The normalized spacial score (nSPS) is 10.7. The van der Waals surface area contributed by atoms with Gasteiger partial charge in [-0.25, -0.2) is 9.59 Å². The van der Waals surface area contributed by atoms with Gasteiger partial charge in [0.15, 0.2) is 0 Å². The first-order valence-corrected chi connectivity index (χ1v) is 10.0. The number of rotatable bonds is 7. The molecule has 1 heterocycles. The topological polar surface area (TPSA) is 129 Å². The van der Waals surface area contributed by atoms with E-state index in [1.165, 1.54) is 30.4 Å². The van der Waals surface area contributed by atoms with Crippen LogP contribution in [0.15, 0.2) is 63.8 Å². The maximum atomic E-state index is 12.5. The molecule has 10 heteroatoms. The molecule has 0 unspecified atom stereocenters. The van der Waals surface area contributed by atoms with E-state index in [4.69, 9.17) is 20.8 Å². The number of carbonyl (C=O) groups is 2. The number of carbonyl (C=O) groups excluding carboxylic acids is 2. The molecular formula is C23H17ClN2O7. The number of nitrogens with zero attached hydrogens (tertiary/aromatic N) is 1. The van der Waals surface area contributed by atoms with Gasteiger partial charge in [0.25, 0.3) is 11.6 Å². The van der Waals surface area contributed by atoms with E-state index in [0.29, 0.717) is 5.56 Å². The molecule has 9 nitrogen and oxygen atoms in total. The lowest BCUT2D eigenvalue weighted by Crippen LogP contribution is -2.20. The third-order valence-corrected chi connectivity index (χ3v) is 4.71. The van der Waals surface area contributed by atoms with Crippen molar-refractivity contribution in [2.24, 2.45) is 0 Å². The Morgan fingerprint density at radius 3 is 2.55 bits per heavy atom. The molecule has 3 rings (SSSR count). The van der Waals surface area contributed by atoms with E-state index < -0.39 is 22.4 Å². The second-order valence-electron chi connectivity index (χ2n) is 6.53. The first kappa shape index (κ1) is 23.4. The van der Waals surface area contributed by atoms with Gasteiger partial charge >= 0.3 is 11.6 Å². The summed E-state index contributed by atoms with van der Waals surface area (Å²) < 4.78 is 10.2. The highest BCUT2D eigenvalue weighted by molar-refractivity contribution is 6.32. The summed E-state index contributed by atoms with van der Waals surface area (Å²) in [6.07, 6.45) is 2.45. The summed E-state index contributed by atoms with van der Waals surface area (Å²) in [5.41, 5.74) is -1.28. The molecule has 0 aliphatic heterocycles. The maximum Gasteiger partial charge on any atom is 0.360 e. The van der Waals surface area contributed by atoms with Gasteiger partial charge in [-0.2, -0.15) is 0 Å². The van der Waals surface area contributed by atoms with Gasteiger partial charge in [0.2, 0.25) is 0 Å². The van der Waals surface area contributed by atoms with Gasteiger partial charge in [0, 0.05) is 11.6 Å². The smallest absolute Gasteiger partial charge is 0.360 e. The van der Waals surface area contributed by atoms with Gasteiger partial charge in [-0.1, -0.05) is 35.9 Å². The number of halogens is 1. The lowest BCUT2D eigenvalue weighted by atomic mass is 10.1. The molecule has 2 aromatic carbocycles. The van der Waals surface area contributed by atoms with E-state index in [1.807, 2.05) is 0 Å². The number of nitro groups is 1. The van der Waals surface area contributed by atoms with E-state index in [9.17, 15) is 24.5 Å². The van der Waals surface area contributed by atoms with Gasteiger partial charge < -0.3 is 14.5 Å². The van der Waals surface area contributed by atoms with Crippen molar-refractivity contribution in [1.82, 2.24) is 0 Å². The molecule has 0 saturated heterocycles. The zero-order valence-electron chi connectivity index (χ0n) is 17.2. The fourth-order valence-electron chi connectivity index (χ4n) is 2.86. The van der Waals surface area contributed by atoms with Crippen molar-refractivity contribution in [3.8, 4) is 0 Å². The monoisotopic (exact) mass is 468 g/mol. The molecule has 0 aliphatic carbocycles. The van der Waals surface area contributed by atoms with Crippen LogP contribution in [0.1, 0.15) is 39.0 Å². The van der Waals surface area contributed by atoms with Gasteiger partial charge in [0.05, 0.1) is 22.1 Å². The molecule has 1 N–H and O–H groups in total. The number of hydrogen-bond donors (Lipinski definition) is 1. The Balaban J connectivity index is 2.04. The second kappa shape index (κ2) is 10.4. The number of anilines is 1. The molecule has 1 amide bonds. The predicted molar refractivity (Wildman–Crippen MR) is 122 cm³/mol. The Morgan fingerprint density at radius 1 is 1.15 bits per heavy atom. The SMILES string of the molecule is CCOC(=O)c1cc(NC(=O)c2ccccc2)c(=O)oc1/C=C/c1c(Cl)cccc1[N+](=O)[O-]. The average molecular weight is 469 g/mol. The summed E-state index contributed by atoms with van der Waals surface area (Å²) in [5, 5.41) is 13.8. The van der Waals surface area contributed by atoms with Gasteiger partial charge in [-0.05, 0) is 43.3 Å². The standard InChI is InChI=1S/C23H17ClN2O7/c1-2-32-22(28)16-13-18(25-21(27)14-7-4-3-5-8-14)23(29)33-20(16)12-11-15-17(24)9-6-10-19(15)26(30)31/h3-13H,2H2,1H3,(H,25,27)/b12-11+. The van der Waals surface area contributed by atoms with E-state index in [-0.39, 0.29) is 39.9 Å². The summed E-state index contributed by atoms with van der Waals surface area (Å²) in [6, 6.07) is 13.4. The van der Waals surface area contributed by atoms with Crippen molar-refractivity contribution >= 4 is 47.0 Å². The first-order chi connectivity index (χ1) is 15.8. The zero-order chi connectivity index (χ0) is 24.0. The Kier molecular flexibility index (Phi) is 7.37. The summed E-state index contributed by atoms with van der Waals surface area (Å²) in [6.45, 7) is 1.64. The van der Waals surface area contributed by atoms with Crippen LogP contribution in [0, 0.1) is 10.1 Å². The van der Waals surface area contributed by atoms with Crippen molar-refractivity contribution in [2.75, 3.05) is 11.9 Å². The third kappa shape index (κ3) is 5.52. The number of esters is 1. The second-order valence-corrected chi connectivity index (χ2v) is 6.94. The van der Waals surface area contributed by atoms with Crippen molar-refractivity contribution in [2.45, 2.75) is 6.92 Å². The minimum atomic E-state index is -0.930. The van der Waals surface area contributed by atoms with Crippen molar-refractivity contribution in [3.05, 3.63) is 103 Å². The van der Waals surface area contributed by atoms with Crippen LogP contribution in [0.5, 0.6) is 0 Å². The lowest BCUT2D eigenvalue weighted by molar-refractivity contribution is -0.385. The minimum Gasteiger partial charge on any atom is -0.462 e. The number of benzene rings is 2. The molecule has 168 valence electrons. The van der Waals surface area contributed by atoms with Gasteiger partial charge in [-0.3, -0.25) is 14.9 Å². The number of amides is 1. The number of ether oxygens (including phenoxy) is 1. The quantitative estimate of drug-likeness (QED) is 0.299. The fraction of sp³-hybridized carbons (Fsp3) is 0.0870. The number of hydrogen-bond acceptors (Lipinski definition) is 7. The molecule has 0 saturated carbocycles. The summed E-state index contributed by atoms with van der Waals surface area (Å²) in [7, 11) is 0. The van der Waals surface area contributed by atoms with E-state index in [1.54, 1.807) is 37.3 Å². The van der Waals surface area contributed by atoms with Crippen LogP contribution >= 0.6 is 11.6 Å². The molecular weight excluding hydrogens is 452 g/mol. The Hall–Kier alpha value is -4.24. The third-order valence-electron chi connectivity index (χ3n) is 4.38. The predicted octanol–water partition coefficient (Wildman–Crippen LogP) is 4.80. The van der Waals surface area contributed by atoms with Crippen LogP contribution in [0.3, 0.4) is 0 Å². The van der Waals surface area contributed by atoms with Crippen LogP contribution in [-0.4, -0.2) is 23.4 Å². The fourth-order valence-corrected chi connectivity index (χ4v) is 3.09. The van der Waals surface area contributed by atoms with Gasteiger partial charge in [-0.15, -0.1) is 0 Å². The largest absolute Gasteiger partial charge is 0.462 e. The Labute approximate surface area is 192 Å². The molecule has 33 heavy (non-hydrogen) atoms. The van der Waals surface area contributed by atoms with Crippen LogP contribution in [0.2, 0.25) is 5.02 Å². The van der Waals surface area contributed by atoms with Crippen LogP contribution in [0.25, 0.3) is 12.2 Å². The Morgan fingerprint density at radius 2 is 1.88 bits per heavy atom. The van der Waals surface area contributed by atoms with Crippen molar-refractivity contribution < 1.29 is 23.7 Å². The number of nitro benzene ring substituents is 1. The van der Waals surface area contributed by atoms with Crippen LogP contribution in [-0.2, 0) is 4.74 Å². The molecule has 0 spiro atoms. The number of nitrogens with one attached hydrogen (secondary N) is 1. The highest BCUT2D eigenvalue weighted by atomic mass is 35.5. The van der Waals surface area contributed by atoms with E-state index in [2.05, 4.69) is 5.32 Å². The average Bonchev–Trinajstić information content (AvgIpc) is 2.80. The molecule has 1 aromatic heterocycles. The molecule has 0 bridgehead atoms. The summed E-state index contributed by atoms with van der Waals surface area (Å²) in [5.74, 6) is -1.61. The van der Waals surface area contributed by atoms with Crippen LogP contribution in [0.4, 0.5) is 11.4 Å². The van der Waals surface area contributed by atoms with E-state index in [0.717, 1.165) is 6.07 Å². The van der Waals surface area contributed by atoms with Crippen LogP contribution < -0.4 is 10.9 Å². The minimum absolute atomic E-state index is 0.0445. The molecule has 0 atom stereocenters. The highest BCUT2D eigenvalue weighted by Crippen LogP contribution is 2.28. The van der Waals surface area contributed by atoms with Crippen molar-refractivity contribution in [3.63, 3.8) is 0 Å². The maximum absolute atomic E-state index is 12.5. The Bertz CT molecular complexity index is 1300. The zero-order valence-corrected chi connectivity index (χ0v) is 18.0. The molecule has 0 fully saturated rings. The summed E-state index contributed by atoms with van der Waals surface area (Å²) in [4.78, 5) is 48.0.